The molecule has 0 unspecified atom stereocenters. The van der Waals surface area contributed by atoms with Crippen molar-refractivity contribution in [1.82, 2.24) is 18.7 Å². The monoisotopic (exact) mass is 348 g/mol. The Hall–Kier alpha value is -2.38. The third-order valence-electron chi connectivity index (χ3n) is 3.97. The van der Waals surface area contributed by atoms with E-state index >= 15 is 0 Å². The highest BCUT2D eigenvalue weighted by Crippen LogP contribution is 2.17. The molecule has 0 aliphatic heterocycles. The predicted molar refractivity (Wildman–Crippen MR) is 91.5 cm³/mol. The minimum atomic E-state index is -0.522. The largest absolute Gasteiger partial charge is 0.395 e. The fourth-order valence-corrected chi connectivity index (χ4v) is 2.97. The van der Waals surface area contributed by atoms with E-state index in [-0.39, 0.29) is 29.6 Å². The van der Waals surface area contributed by atoms with Gasteiger partial charge in [0.25, 0.3) is 5.56 Å². The first-order valence-corrected chi connectivity index (χ1v) is 7.92. The summed E-state index contributed by atoms with van der Waals surface area (Å²) in [5, 5.41) is 9.33. The van der Waals surface area contributed by atoms with Crippen LogP contribution in [0.25, 0.3) is 11.2 Å². The Morgan fingerprint density at radius 2 is 1.83 bits per heavy atom. The number of hydrogen-bond donors (Lipinski definition) is 1. The van der Waals surface area contributed by atoms with Gasteiger partial charge in [-0.3, -0.25) is 13.9 Å². The van der Waals surface area contributed by atoms with Crippen LogP contribution >= 0.6 is 11.6 Å². The highest BCUT2D eigenvalue weighted by Gasteiger charge is 2.19. The summed E-state index contributed by atoms with van der Waals surface area (Å²) in [5.74, 6) is 0. The van der Waals surface area contributed by atoms with E-state index in [4.69, 9.17) is 11.6 Å². The topological polar surface area (TPSA) is 82.1 Å². The number of rotatable bonds is 5. The number of fused-ring (bicyclic) bond motifs is 1. The van der Waals surface area contributed by atoms with Gasteiger partial charge in [0.2, 0.25) is 5.28 Å². The predicted octanol–water partition coefficient (Wildman–Crippen LogP) is 0.785. The number of benzene rings is 1. The van der Waals surface area contributed by atoms with Gasteiger partial charge in [0.15, 0.2) is 11.2 Å². The molecule has 1 aromatic carbocycles. The van der Waals surface area contributed by atoms with E-state index < -0.39 is 11.2 Å². The first kappa shape index (κ1) is 16.5. The molecule has 0 radical (unpaired) electrons. The molecule has 0 aliphatic rings. The average Bonchev–Trinajstić information content (AvgIpc) is 2.92. The molecule has 0 atom stereocenters. The maximum absolute atomic E-state index is 12.5. The van der Waals surface area contributed by atoms with Crippen molar-refractivity contribution in [3.63, 3.8) is 0 Å². The zero-order valence-corrected chi connectivity index (χ0v) is 13.9. The molecule has 0 aliphatic carbocycles. The molecule has 0 amide bonds. The molecule has 1 N–H and O–H groups in total. The highest BCUT2D eigenvalue weighted by molar-refractivity contribution is 6.29. The summed E-state index contributed by atoms with van der Waals surface area (Å²) in [7, 11) is 1.40. The van der Waals surface area contributed by atoms with Gasteiger partial charge in [0.1, 0.15) is 0 Å². The smallest absolute Gasteiger partial charge is 0.332 e. The number of aliphatic hydroxyl groups is 1. The molecule has 24 heavy (non-hydrogen) atoms. The van der Waals surface area contributed by atoms with Crippen LogP contribution in [0.1, 0.15) is 5.56 Å². The van der Waals surface area contributed by atoms with Gasteiger partial charge in [-0.25, -0.2) is 4.79 Å². The molecule has 3 aromatic rings. The summed E-state index contributed by atoms with van der Waals surface area (Å²) in [6.45, 7) is 0.281. The van der Waals surface area contributed by atoms with Crippen molar-refractivity contribution in [1.29, 1.82) is 0 Å². The minimum Gasteiger partial charge on any atom is -0.395 e. The van der Waals surface area contributed by atoms with Crippen LogP contribution in [0.5, 0.6) is 0 Å². The molecule has 126 valence electrons. The Balaban J connectivity index is 2.13. The second-order valence-electron chi connectivity index (χ2n) is 5.46. The van der Waals surface area contributed by atoms with E-state index in [0.29, 0.717) is 13.0 Å². The van der Waals surface area contributed by atoms with Crippen LogP contribution in [0.4, 0.5) is 0 Å². The molecule has 3 rings (SSSR count). The van der Waals surface area contributed by atoms with Crippen molar-refractivity contribution in [2.45, 2.75) is 19.5 Å². The van der Waals surface area contributed by atoms with E-state index in [2.05, 4.69) is 4.98 Å². The SMILES string of the molecule is Cn1c(=O)c2c(nc(Cl)n2CCc2ccccc2)n(CCO)c1=O. The Kier molecular flexibility index (Phi) is 4.55. The van der Waals surface area contributed by atoms with Crippen LogP contribution in [0.15, 0.2) is 39.9 Å². The van der Waals surface area contributed by atoms with Gasteiger partial charge in [-0.15, -0.1) is 0 Å². The van der Waals surface area contributed by atoms with E-state index in [9.17, 15) is 14.7 Å². The molecule has 0 saturated carbocycles. The van der Waals surface area contributed by atoms with Crippen molar-refractivity contribution in [2.24, 2.45) is 7.05 Å². The molecule has 0 bridgehead atoms. The number of aryl methyl sites for hydroxylation is 2. The van der Waals surface area contributed by atoms with Gasteiger partial charge in [0.05, 0.1) is 13.2 Å². The Bertz CT molecular complexity index is 988. The molecule has 0 spiro atoms. The normalized spacial score (nSPS) is 11.3. The Morgan fingerprint density at radius 3 is 2.50 bits per heavy atom. The maximum atomic E-state index is 12.5. The van der Waals surface area contributed by atoms with Crippen LogP contribution in [0.2, 0.25) is 5.28 Å². The third kappa shape index (κ3) is 2.76. The molecule has 0 saturated heterocycles. The number of nitrogens with zero attached hydrogens (tertiary/aromatic N) is 4. The Labute approximate surface area is 142 Å². The fraction of sp³-hybridized carbons (Fsp3) is 0.312. The number of aliphatic hydroxyl groups excluding tert-OH is 1. The van der Waals surface area contributed by atoms with Gasteiger partial charge in [-0.2, -0.15) is 4.98 Å². The second-order valence-corrected chi connectivity index (χ2v) is 5.80. The van der Waals surface area contributed by atoms with Crippen LogP contribution in [0.3, 0.4) is 0 Å². The lowest BCUT2D eigenvalue weighted by atomic mass is 10.1. The van der Waals surface area contributed by atoms with Crippen LogP contribution in [0, 0.1) is 0 Å². The van der Waals surface area contributed by atoms with Crippen molar-refractivity contribution in [3.05, 3.63) is 62.0 Å². The van der Waals surface area contributed by atoms with E-state index in [1.54, 1.807) is 4.57 Å². The Morgan fingerprint density at radius 1 is 1.12 bits per heavy atom. The standard InChI is InChI=1S/C16H17ClN4O3/c1-19-14(23)12-13(21(9-10-22)16(19)24)18-15(17)20(12)8-7-11-5-3-2-4-6-11/h2-6,22H,7-10H2,1H3. The van der Waals surface area contributed by atoms with Gasteiger partial charge in [-0.1, -0.05) is 30.3 Å². The van der Waals surface area contributed by atoms with Gasteiger partial charge < -0.3 is 9.67 Å². The summed E-state index contributed by atoms with van der Waals surface area (Å²) < 4.78 is 3.89. The molecule has 2 aromatic heterocycles. The second kappa shape index (κ2) is 6.62. The van der Waals surface area contributed by atoms with Gasteiger partial charge in [0, 0.05) is 13.6 Å². The van der Waals surface area contributed by atoms with Crippen molar-refractivity contribution in [2.75, 3.05) is 6.61 Å². The average molecular weight is 349 g/mol. The van der Waals surface area contributed by atoms with Gasteiger partial charge in [-0.05, 0) is 23.6 Å². The van der Waals surface area contributed by atoms with Crippen molar-refractivity contribution >= 4 is 22.8 Å². The van der Waals surface area contributed by atoms with Gasteiger partial charge >= 0.3 is 5.69 Å². The summed E-state index contributed by atoms with van der Waals surface area (Å²) >= 11 is 6.21. The van der Waals surface area contributed by atoms with Crippen LogP contribution in [-0.4, -0.2) is 30.4 Å². The summed E-state index contributed by atoms with van der Waals surface area (Å²) in [6.07, 6.45) is 0.675. The first-order chi connectivity index (χ1) is 11.5. The third-order valence-corrected chi connectivity index (χ3v) is 4.26. The fourth-order valence-electron chi connectivity index (χ4n) is 2.72. The van der Waals surface area contributed by atoms with E-state index in [1.807, 2.05) is 30.3 Å². The van der Waals surface area contributed by atoms with Crippen molar-refractivity contribution in [3.8, 4) is 0 Å². The molecular weight excluding hydrogens is 332 g/mol. The molecule has 2 heterocycles. The lowest BCUT2D eigenvalue weighted by molar-refractivity contribution is 0.274. The maximum Gasteiger partial charge on any atom is 0.332 e. The summed E-state index contributed by atoms with van der Waals surface area (Å²) in [4.78, 5) is 28.9. The number of imidazole rings is 1. The summed E-state index contributed by atoms with van der Waals surface area (Å²) in [6, 6.07) is 9.81. The first-order valence-electron chi connectivity index (χ1n) is 7.55. The zero-order chi connectivity index (χ0) is 17.3. The highest BCUT2D eigenvalue weighted by atomic mass is 35.5. The molecule has 7 nitrogen and oxygen atoms in total. The van der Waals surface area contributed by atoms with Crippen molar-refractivity contribution < 1.29 is 5.11 Å². The quantitative estimate of drug-likeness (QED) is 0.691. The molecule has 0 fully saturated rings. The lowest BCUT2D eigenvalue weighted by Crippen LogP contribution is -2.39. The number of aromatic nitrogens is 4. The lowest BCUT2D eigenvalue weighted by Gasteiger charge is -2.09. The number of halogens is 1. The number of hydrogen-bond acceptors (Lipinski definition) is 4. The summed E-state index contributed by atoms with van der Waals surface area (Å²) in [5.41, 5.74) is 0.611. The minimum absolute atomic E-state index is 0.0511. The van der Waals surface area contributed by atoms with Crippen LogP contribution in [-0.2, 0) is 26.6 Å². The van der Waals surface area contributed by atoms with Crippen LogP contribution < -0.4 is 11.2 Å². The molecular formula is C16H17ClN4O3. The molecule has 8 heteroatoms. The zero-order valence-electron chi connectivity index (χ0n) is 13.1. The van der Waals surface area contributed by atoms with E-state index in [0.717, 1.165) is 10.1 Å². The van der Waals surface area contributed by atoms with E-state index in [1.165, 1.54) is 11.6 Å².